The van der Waals surface area contributed by atoms with Gasteiger partial charge in [0.1, 0.15) is 17.3 Å². The normalized spacial score (nSPS) is 16.0. The van der Waals surface area contributed by atoms with Crippen molar-refractivity contribution < 1.29 is 4.42 Å². The molecule has 61 heavy (non-hydrogen) atoms. The molecule has 0 saturated heterocycles. The Morgan fingerprint density at radius 1 is 0.492 bits per heavy atom. The number of para-hydroxylation sites is 1. The molecule has 0 spiro atoms. The first kappa shape index (κ1) is 35.7. The largest absolute Gasteiger partial charge is 0.456 e. The summed E-state index contributed by atoms with van der Waals surface area (Å²) in [5.74, 6) is 0. The van der Waals surface area contributed by atoms with Crippen LogP contribution in [0.15, 0.2) is 203 Å². The predicted molar refractivity (Wildman–Crippen MR) is 260 cm³/mol. The third-order valence-electron chi connectivity index (χ3n) is 12.6. The highest BCUT2D eigenvalue weighted by molar-refractivity contribution is 7.25. The number of benzene rings is 9. The van der Waals surface area contributed by atoms with Gasteiger partial charge in [0, 0.05) is 47.9 Å². The lowest BCUT2D eigenvalue weighted by atomic mass is 9.91. The second-order valence-electron chi connectivity index (χ2n) is 16.3. The van der Waals surface area contributed by atoms with Crippen LogP contribution in [0, 0.1) is 0 Å². The van der Waals surface area contributed by atoms with Crippen LogP contribution >= 0.6 is 11.3 Å². The van der Waals surface area contributed by atoms with Gasteiger partial charge in [0.05, 0.1) is 0 Å². The van der Waals surface area contributed by atoms with Crippen LogP contribution in [-0.2, 0) is 0 Å². The standard InChI is InChI=1S/C57H40N2OS/c1-35-21-31-50(38-25-22-37(23-26-38)40-27-24-36-11-2-3-12-39(36)33-40)58-57(59-56(35)41-28-32-54-49(34-41)45-15-7-9-20-53(45)61-54)47-30-29-44(42-13-4-5-14-43(42)47)46-17-10-19-52-55(46)48-16-6-8-18-51(48)60-52/h2-20,22-30,32-34,57,59H,21,31H2,1H3/b56-35-,58-50?. The van der Waals surface area contributed by atoms with Crippen LogP contribution < -0.4 is 5.32 Å². The fourth-order valence-corrected chi connectivity index (χ4v) is 10.6. The number of nitrogens with one attached hydrogen (secondary N) is 1. The Morgan fingerprint density at radius 3 is 2.07 bits per heavy atom. The smallest absolute Gasteiger partial charge is 0.145 e. The molecule has 4 heteroatoms. The number of hydrogen-bond donors (Lipinski definition) is 1. The third-order valence-corrected chi connectivity index (χ3v) is 13.8. The topological polar surface area (TPSA) is 37.5 Å². The first-order chi connectivity index (χ1) is 30.1. The lowest BCUT2D eigenvalue weighted by molar-refractivity contribution is 0.661. The van der Waals surface area contributed by atoms with Gasteiger partial charge in [-0.15, -0.1) is 11.3 Å². The molecule has 0 amide bonds. The third kappa shape index (κ3) is 6.13. The minimum Gasteiger partial charge on any atom is -0.456 e. The maximum Gasteiger partial charge on any atom is 0.145 e. The molecule has 3 heterocycles. The van der Waals surface area contributed by atoms with Gasteiger partial charge >= 0.3 is 0 Å². The molecule has 3 nitrogen and oxygen atoms in total. The summed E-state index contributed by atoms with van der Waals surface area (Å²) >= 11 is 1.86. The molecule has 0 aliphatic carbocycles. The van der Waals surface area contributed by atoms with Gasteiger partial charge in [-0.05, 0) is 117 Å². The zero-order valence-electron chi connectivity index (χ0n) is 33.7. The molecular formula is C57H40N2OS. The van der Waals surface area contributed by atoms with E-state index in [9.17, 15) is 0 Å². The Balaban J connectivity index is 1.00. The molecule has 1 aliphatic rings. The lowest BCUT2D eigenvalue weighted by Crippen LogP contribution is -2.24. The maximum absolute atomic E-state index is 6.35. The van der Waals surface area contributed by atoms with E-state index in [0.29, 0.717) is 0 Å². The van der Waals surface area contributed by atoms with Crippen LogP contribution in [0.5, 0.6) is 0 Å². The van der Waals surface area contributed by atoms with Crippen molar-refractivity contribution in [3.8, 4) is 22.3 Å². The number of furan rings is 1. The first-order valence-corrected chi connectivity index (χ1v) is 21.9. The van der Waals surface area contributed by atoms with Crippen molar-refractivity contribution in [2.24, 2.45) is 4.99 Å². The number of rotatable bonds is 5. The van der Waals surface area contributed by atoms with E-state index in [1.807, 2.05) is 17.4 Å². The second kappa shape index (κ2) is 14.5. The molecule has 1 unspecified atom stereocenters. The first-order valence-electron chi connectivity index (χ1n) is 21.1. The van der Waals surface area contributed by atoms with Gasteiger partial charge < -0.3 is 9.73 Å². The summed E-state index contributed by atoms with van der Waals surface area (Å²) in [4.78, 5) is 5.73. The Morgan fingerprint density at radius 2 is 1.18 bits per heavy atom. The highest BCUT2D eigenvalue weighted by atomic mass is 32.1. The van der Waals surface area contributed by atoms with Gasteiger partial charge in [-0.1, -0.05) is 152 Å². The molecular weight excluding hydrogens is 761 g/mol. The summed E-state index contributed by atoms with van der Waals surface area (Å²) < 4.78 is 8.97. The molecule has 11 aromatic rings. The van der Waals surface area contributed by atoms with Gasteiger partial charge in [0.25, 0.3) is 0 Å². The molecule has 1 aliphatic heterocycles. The van der Waals surface area contributed by atoms with Gasteiger partial charge in [0.15, 0.2) is 0 Å². The fraction of sp³-hybridized carbons (Fsp3) is 0.0702. The summed E-state index contributed by atoms with van der Waals surface area (Å²) in [5.41, 5.74) is 13.6. The van der Waals surface area contributed by atoms with Gasteiger partial charge in [0.2, 0.25) is 0 Å². The van der Waals surface area contributed by atoms with Crippen molar-refractivity contribution >= 4 is 86.4 Å². The Kier molecular flexibility index (Phi) is 8.46. The number of hydrogen-bond acceptors (Lipinski definition) is 4. The van der Waals surface area contributed by atoms with Gasteiger partial charge in [-0.3, -0.25) is 4.99 Å². The number of nitrogens with zero attached hydrogens (tertiary/aromatic N) is 1. The van der Waals surface area contributed by atoms with E-state index in [2.05, 4.69) is 194 Å². The van der Waals surface area contributed by atoms with Crippen LogP contribution in [0.2, 0.25) is 0 Å². The van der Waals surface area contributed by atoms with Crippen molar-refractivity contribution in [1.29, 1.82) is 0 Å². The van der Waals surface area contributed by atoms with E-state index in [-0.39, 0.29) is 6.17 Å². The SMILES string of the molecule is C/C1=C(\c2ccc3sc4ccccc4c3c2)NC(c2ccc(-c3cccc4oc5ccccc5c34)c3ccccc23)N=C(c2ccc(-c3ccc4ccccc4c3)cc2)CC1. The molecule has 0 radical (unpaired) electrons. The highest BCUT2D eigenvalue weighted by Crippen LogP contribution is 2.42. The molecule has 9 aromatic carbocycles. The number of fused-ring (bicyclic) bond motifs is 8. The maximum atomic E-state index is 6.35. The van der Waals surface area contributed by atoms with Crippen molar-refractivity contribution in [2.45, 2.75) is 25.9 Å². The Labute approximate surface area is 357 Å². The Bertz CT molecular complexity index is 3590. The number of aliphatic imine (C=N–C) groups is 1. The van der Waals surface area contributed by atoms with Crippen molar-refractivity contribution in [3.63, 3.8) is 0 Å². The zero-order chi connectivity index (χ0) is 40.4. The molecule has 0 fully saturated rings. The molecule has 0 bridgehead atoms. The van der Waals surface area contributed by atoms with Crippen LogP contribution in [0.25, 0.3) is 91.6 Å². The molecule has 2 aromatic heterocycles. The number of thiophene rings is 1. The molecule has 1 N–H and O–H groups in total. The summed E-state index contributed by atoms with van der Waals surface area (Å²) in [6, 6.07) is 68.2. The van der Waals surface area contributed by atoms with Crippen LogP contribution in [0.1, 0.15) is 42.6 Å². The number of allylic oxidation sites excluding steroid dienone is 1. The molecule has 12 rings (SSSR count). The monoisotopic (exact) mass is 800 g/mol. The van der Waals surface area contributed by atoms with E-state index in [1.165, 1.54) is 75.1 Å². The van der Waals surface area contributed by atoms with Crippen LogP contribution in [0.4, 0.5) is 0 Å². The van der Waals surface area contributed by atoms with Crippen LogP contribution in [-0.4, -0.2) is 5.71 Å². The molecule has 290 valence electrons. The molecule has 1 atom stereocenters. The second-order valence-corrected chi connectivity index (χ2v) is 17.3. The van der Waals surface area contributed by atoms with Crippen molar-refractivity contribution in [1.82, 2.24) is 5.32 Å². The van der Waals surface area contributed by atoms with E-state index < -0.39 is 0 Å². The summed E-state index contributed by atoms with van der Waals surface area (Å²) in [6.07, 6.45) is 1.38. The van der Waals surface area contributed by atoms with E-state index >= 15 is 0 Å². The zero-order valence-corrected chi connectivity index (χ0v) is 34.5. The van der Waals surface area contributed by atoms with E-state index in [1.54, 1.807) is 0 Å². The molecule has 0 saturated carbocycles. The van der Waals surface area contributed by atoms with Gasteiger partial charge in [-0.25, -0.2) is 0 Å². The van der Waals surface area contributed by atoms with Gasteiger partial charge in [-0.2, -0.15) is 0 Å². The van der Waals surface area contributed by atoms with E-state index in [0.717, 1.165) is 57.3 Å². The van der Waals surface area contributed by atoms with Crippen LogP contribution in [0.3, 0.4) is 0 Å². The highest BCUT2D eigenvalue weighted by Gasteiger charge is 2.24. The summed E-state index contributed by atoms with van der Waals surface area (Å²) in [5, 5.41) is 13.8. The fourth-order valence-electron chi connectivity index (χ4n) is 9.54. The lowest BCUT2D eigenvalue weighted by Gasteiger charge is -2.27. The average molecular weight is 801 g/mol. The predicted octanol–water partition coefficient (Wildman–Crippen LogP) is 15.9. The Hall–Kier alpha value is -7.27. The summed E-state index contributed by atoms with van der Waals surface area (Å²) in [6.45, 7) is 2.29. The summed E-state index contributed by atoms with van der Waals surface area (Å²) in [7, 11) is 0. The van der Waals surface area contributed by atoms with Crippen molar-refractivity contribution in [3.05, 3.63) is 210 Å². The average Bonchev–Trinajstić information content (AvgIpc) is 3.89. The minimum absolute atomic E-state index is 0.347. The minimum atomic E-state index is -0.347. The van der Waals surface area contributed by atoms with E-state index in [4.69, 9.17) is 9.41 Å². The van der Waals surface area contributed by atoms with Crippen molar-refractivity contribution in [2.75, 3.05) is 0 Å². The quantitative estimate of drug-likeness (QED) is 0.188.